The fraction of sp³-hybridized carbons (Fsp3) is 1.00. The van der Waals surface area contributed by atoms with E-state index < -0.39 is 12.1 Å². The Labute approximate surface area is 70.1 Å². The topological polar surface area (TPSA) is 26.0 Å². The van der Waals surface area contributed by atoms with Gasteiger partial charge in [-0.3, -0.25) is 0 Å². The van der Waals surface area contributed by atoms with Crippen LogP contribution in [0.15, 0.2) is 0 Å². The Hall–Kier alpha value is -0.250. The van der Waals surface area contributed by atoms with Gasteiger partial charge in [-0.15, -0.1) is 0 Å². The van der Waals surface area contributed by atoms with E-state index in [2.05, 4.69) is 0 Å². The van der Waals surface area contributed by atoms with Gasteiger partial charge in [-0.05, 0) is 19.3 Å². The molecule has 1 rings (SSSR count). The van der Waals surface area contributed by atoms with Crippen LogP contribution in [0.3, 0.4) is 0 Å². The van der Waals surface area contributed by atoms with Crippen LogP contribution in [-0.4, -0.2) is 12.2 Å². The van der Waals surface area contributed by atoms with E-state index in [-0.39, 0.29) is 18.9 Å². The SMILES string of the molecule is N[C@@H]1CCCC[C@@H](C(F)(F)F)C1. The first-order valence-corrected chi connectivity index (χ1v) is 4.32. The standard InChI is InChI=1S/C8H14F3N/c9-8(10,11)6-3-1-2-4-7(12)5-6/h6-7H,1-5,12H2/t6-,7-/m1/s1. The number of rotatable bonds is 0. The number of hydrogen-bond donors (Lipinski definition) is 1. The smallest absolute Gasteiger partial charge is 0.328 e. The summed E-state index contributed by atoms with van der Waals surface area (Å²) in [7, 11) is 0. The first kappa shape index (κ1) is 9.84. The maximum absolute atomic E-state index is 12.2. The highest BCUT2D eigenvalue weighted by Gasteiger charge is 2.40. The Morgan fingerprint density at radius 2 is 1.67 bits per heavy atom. The van der Waals surface area contributed by atoms with Gasteiger partial charge in [0.1, 0.15) is 0 Å². The summed E-state index contributed by atoms with van der Waals surface area (Å²) in [6.07, 6.45) is -1.42. The van der Waals surface area contributed by atoms with E-state index in [1.807, 2.05) is 0 Å². The van der Waals surface area contributed by atoms with E-state index in [1.54, 1.807) is 0 Å². The molecule has 72 valence electrons. The molecule has 4 heteroatoms. The van der Waals surface area contributed by atoms with Gasteiger partial charge >= 0.3 is 6.18 Å². The molecule has 1 nitrogen and oxygen atoms in total. The lowest BCUT2D eigenvalue weighted by Gasteiger charge is -2.19. The second kappa shape index (κ2) is 3.64. The largest absolute Gasteiger partial charge is 0.391 e. The van der Waals surface area contributed by atoms with Crippen LogP contribution in [0.25, 0.3) is 0 Å². The lowest BCUT2D eigenvalue weighted by Crippen LogP contribution is -2.29. The van der Waals surface area contributed by atoms with Crippen molar-refractivity contribution >= 4 is 0 Å². The van der Waals surface area contributed by atoms with Gasteiger partial charge in [0.2, 0.25) is 0 Å². The monoisotopic (exact) mass is 181 g/mol. The first-order valence-electron chi connectivity index (χ1n) is 4.32. The number of alkyl halides is 3. The Morgan fingerprint density at radius 3 is 2.25 bits per heavy atom. The molecule has 1 aliphatic carbocycles. The van der Waals surface area contributed by atoms with Crippen molar-refractivity contribution in [3.05, 3.63) is 0 Å². The first-order chi connectivity index (χ1) is 5.50. The summed E-state index contributed by atoms with van der Waals surface area (Å²) in [5.74, 6) is -1.16. The van der Waals surface area contributed by atoms with Crippen LogP contribution < -0.4 is 5.73 Å². The van der Waals surface area contributed by atoms with Crippen molar-refractivity contribution in [3.63, 3.8) is 0 Å². The van der Waals surface area contributed by atoms with Crippen LogP contribution in [0.4, 0.5) is 13.2 Å². The molecule has 1 fully saturated rings. The van der Waals surface area contributed by atoms with Crippen molar-refractivity contribution in [2.24, 2.45) is 11.7 Å². The summed E-state index contributed by atoms with van der Waals surface area (Å²) in [5, 5.41) is 0. The minimum atomic E-state index is -4.04. The third kappa shape index (κ3) is 2.66. The average Bonchev–Trinajstić information content (AvgIpc) is 2.11. The molecule has 12 heavy (non-hydrogen) atoms. The molecule has 0 heterocycles. The van der Waals surface area contributed by atoms with Crippen LogP contribution in [-0.2, 0) is 0 Å². The maximum Gasteiger partial charge on any atom is 0.391 e. The van der Waals surface area contributed by atoms with E-state index in [0.717, 1.165) is 12.8 Å². The molecule has 0 aromatic heterocycles. The molecular weight excluding hydrogens is 167 g/mol. The normalized spacial score (nSPS) is 33.0. The van der Waals surface area contributed by atoms with Gasteiger partial charge in [0.05, 0.1) is 5.92 Å². The van der Waals surface area contributed by atoms with Gasteiger partial charge in [-0.25, -0.2) is 0 Å². The fourth-order valence-electron chi connectivity index (χ4n) is 1.70. The van der Waals surface area contributed by atoms with Crippen molar-refractivity contribution in [1.29, 1.82) is 0 Å². The third-order valence-corrected chi connectivity index (χ3v) is 2.43. The summed E-state index contributed by atoms with van der Waals surface area (Å²) in [6.45, 7) is 0. The van der Waals surface area contributed by atoms with Gasteiger partial charge in [-0.2, -0.15) is 13.2 Å². The summed E-state index contributed by atoms with van der Waals surface area (Å²) >= 11 is 0. The van der Waals surface area contributed by atoms with Gasteiger partial charge in [0.15, 0.2) is 0 Å². The zero-order chi connectivity index (χ0) is 9.19. The molecule has 2 atom stereocenters. The van der Waals surface area contributed by atoms with Gasteiger partial charge in [0.25, 0.3) is 0 Å². The highest BCUT2D eigenvalue weighted by molar-refractivity contribution is 4.77. The second-order valence-corrected chi connectivity index (χ2v) is 3.52. The Balaban J connectivity index is 2.52. The van der Waals surface area contributed by atoms with E-state index in [4.69, 9.17) is 5.73 Å². The molecule has 0 amide bonds. The van der Waals surface area contributed by atoms with E-state index >= 15 is 0 Å². The predicted octanol–water partition coefficient (Wildman–Crippen LogP) is 2.46. The highest BCUT2D eigenvalue weighted by atomic mass is 19.4. The molecule has 0 spiro atoms. The van der Waals surface area contributed by atoms with Crippen LogP contribution in [0.1, 0.15) is 32.1 Å². The molecule has 0 bridgehead atoms. The Morgan fingerprint density at radius 1 is 1.08 bits per heavy atom. The molecule has 2 N–H and O–H groups in total. The van der Waals surface area contributed by atoms with Gasteiger partial charge < -0.3 is 5.73 Å². The summed E-state index contributed by atoms with van der Waals surface area (Å²) < 4.78 is 36.7. The average molecular weight is 181 g/mol. The molecule has 0 radical (unpaired) electrons. The minimum Gasteiger partial charge on any atom is -0.328 e. The number of nitrogens with two attached hydrogens (primary N) is 1. The van der Waals surface area contributed by atoms with Crippen molar-refractivity contribution in [2.75, 3.05) is 0 Å². The number of hydrogen-bond acceptors (Lipinski definition) is 1. The van der Waals surface area contributed by atoms with E-state index in [9.17, 15) is 13.2 Å². The van der Waals surface area contributed by atoms with Crippen molar-refractivity contribution in [3.8, 4) is 0 Å². The van der Waals surface area contributed by atoms with Crippen molar-refractivity contribution in [2.45, 2.75) is 44.3 Å². The van der Waals surface area contributed by atoms with Crippen LogP contribution in [0, 0.1) is 5.92 Å². The second-order valence-electron chi connectivity index (χ2n) is 3.52. The zero-order valence-electron chi connectivity index (χ0n) is 6.90. The summed E-state index contributed by atoms with van der Waals surface area (Å²) in [4.78, 5) is 0. The predicted molar refractivity (Wildman–Crippen MR) is 40.6 cm³/mol. The zero-order valence-corrected chi connectivity index (χ0v) is 6.90. The number of halogens is 3. The highest BCUT2D eigenvalue weighted by Crippen LogP contribution is 2.35. The van der Waals surface area contributed by atoms with Crippen LogP contribution >= 0.6 is 0 Å². The molecule has 0 aliphatic heterocycles. The third-order valence-electron chi connectivity index (χ3n) is 2.43. The van der Waals surface area contributed by atoms with E-state index in [0.29, 0.717) is 6.42 Å². The molecular formula is C8H14F3N. The Kier molecular flexibility index (Phi) is 2.99. The summed E-state index contributed by atoms with van der Waals surface area (Å²) in [5.41, 5.74) is 5.52. The lowest BCUT2D eigenvalue weighted by molar-refractivity contribution is -0.178. The molecule has 0 aromatic rings. The van der Waals surface area contributed by atoms with Crippen molar-refractivity contribution in [1.82, 2.24) is 0 Å². The van der Waals surface area contributed by atoms with Gasteiger partial charge in [0, 0.05) is 6.04 Å². The van der Waals surface area contributed by atoms with Crippen molar-refractivity contribution < 1.29 is 13.2 Å². The molecule has 1 saturated carbocycles. The quantitative estimate of drug-likeness (QED) is 0.571. The van der Waals surface area contributed by atoms with E-state index in [1.165, 1.54) is 0 Å². The van der Waals surface area contributed by atoms with Crippen LogP contribution in [0.2, 0.25) is 0 Å². The fourth-order valence-corrected chi connectivity index (χ4v) is 1.70. The van der Waals surface area contributed by atoms with Crippen LogP contribution in [0.5, 0.6) is 0 Å². The molecule has 0 unspecified atom stereocenters. The lowest BCUT2D eigenvalue weighted by atomic mass is 9.98. The Bertz CT molecular complexity index is 144. The van der Waals surface area contributed by atoms with Gasteiger partial charge in [-0.1, -0.05) is 12.8 Å². The maximum atomic E-state index is 12.2. The molecule has 1 aliphatic rings. The summed E-state index contributed by atoms with van der Waals surface area (Å²) in [6, 6.07) is -0.251. The molecule has 0 aromatic carbocycles. The minimum absolute atomic E-state index is 0.115. The molecule has 0 saturated heterocycles.